The third-order valence-corrected chi connectivity index (χ3v) is 2.28. The lowest BCUT2D eigenvalue weighted by molar-refractivity contribution is -0.384. The van der Waals surface area contributed by atoms with Gasteiger partial charge in [0.05, 0.1) is 17.6 Å². The zero-order chi connectivity index (χ0) is 13.9. The molecule has 0 saturated carbocycles. The lowest BCUT2D eigenvalue weighted by Crippen LogP contribution is -2.24. The normalized spacial score (nSPS) is 11.6. The summed E-state index contributed by atoms with van der Waals surface area (Å²) >= 11 is 0. The van der Waals surface area contributed by atoms with Crippen molar-refractivity contribution < 1.29 is 24.4 Å². The summed E-state index contributed by atoms with van der Waals surface area (Å²) in [6.45, 7) is 0. The van der Waals surface area contributed by atoms with Gasteiger partial charge in [-0.2, -0.15) is 0 Å². The van der Waals surface area contributed by atoms with Gasteiger partial charge in [0, 0.05) is 0 Å². The maximum absolute atomic E-state index is 11.4. The van der Waals surface area contributed by atoms with Crippen molar-refractivity contribution in [2.75, 3.05) is 12.8 Å². The smallest absolute Gasteiger partial charge is 0.324 e. The Bertz CT molecular complexity index is 513. The monoisotopic (exact) mass is 254 g/mol. The van der Waals surface area contributed by atoms with Gasteiger partial charge in [-0.05, 0) is 6.07 Å². The number of methoxy groups -OCH3 is 1. The highest BCUT2D eigenvalue weighted by Crippen LogP contribution is 2.32. The van der Waals surface area contributed by atoms with Crippen LogP contribution in [0.4, 0.5) is 11.4 Å². The molecule has 18 heavy (non-hydrogen) atoms. The van der Waals surface area contributed by atoms with Crippen molar-refractivity contribution in [2.24, 2.45) is 0 Å². The van der Waals surface area contributed by atoms with Crippen LogP contribution in [-0.4, -0.2) is 29.1 Å². The summed E-state index contributed by atoms with van der Waals surface area (Å²) < 4.78 is 4.32. The van der Waals surface area contributed by atoms with Gasteiger partial charge in [0.2, 0.25) is 0 Å². The van der Waals surface area contributed by atoms with E-state index < -0.39 is 28.5 Å². The summed E-state index contributed by atoms with van der Waals surface area (Å²) in [7, 11) is 0.996. The first kappa shape index (κ1) is 13.4. The first-order chi connectivity index (χ1) is 8.40. The Labute approximate surface area is 101 Å². The van der Waals surface area contributed by atoms with Gasteiger partial charge in [0.15, 0.2) is 5.92 Å². The van der Waals surface area contributed by atoms with Gasteiger partial charge in [-0.3, -0.25) is 19.7 Å². The van der Waals surface area contributed by atoms with Crippen molar-refractivity contribution >= 4 is 23.3 Å². The quantitative estimate of drug-likeness (QED) is 0.263. The fraction of sp³-hybridized carbons (Fsp3) is 0.200. The van der Waals surface area contributed by atoms with Crippen molar-refractivity contribution in [2.45, 2.75) is 5.92 Å². The average molecular weight is 254 g/mol. The number of anilines is 1. The topological polar surface area (TPSA) is 133 Å². The molecule has 0 aliphatic rings. The maximum atomic E-state index is 11.4. The van der Waals surface area contributed by atoms with E-state index in [1.807, 2.05) is 0 Å². The van der Waals surface area contributed by atoms with Gasteiger partial charge in [0.1, 0.15) is 5.69 Å². The third-order valence-electron chi connectivity index (χ3n) is 2.28. The number of rotatable bonds is 4. The summed E-state index contributed by atoms with van der Waals surface area (Å²) in [6.07, 6.45) is 0. The number of nitrogen functional groups attached to an aromatic ring is 1. The van der Waals surface area contributed by atoms with E-state index >= 15 is 0 Å². The van der Waals surface area contributed by atoms with Gasteiger partial charge in [0.25, 0.3) is 5.69 Å². The predicted octanol–water partition coefficient (Wildman–Crippen LogP) is 0.518. The minimum Gasteiger partial charge on any atom is -0.480 e. The molecule has 1 rings (SSSR count). The van der Waals surface area contributed by atoms with Crippen LogP contribution in [-0.2, 0) is 14.3 Å². The SMILES string of the molecule is COC(=O)C(C(=O)O)c1cccc(N)c1[N+](=O)[O-]. The largest absolute Gasteiger partial charge is 0.480 e. The summed E-state index contributed by atoms with van der Waals surface area (Å²) in [5.74, 6) is -4.43. The van der Waals surface area contributed by atoms with Gasteiger partial charge in [-0.15, -0.1) is 0 Å². The summed E-state index contributed by atoms with van der Waals surface area (Å²) in [4.78, 5) is 32.4. The molecule has 0 aliphatic heterocycles. The Kier molecular flexibility index (Phi) is 3.82. The van der Waals surface area contributed by atoms with E-state index in [0.717, 1.165) is 13.2 Å². The number of benzene rings is 1. The van der Waals surface area contributed by atoms with E-state index in [4.69, 9.17) is 10.8 Å². The zero-order valence-corrected chi connectivity index (χ0v) is 9.32. The molecule has 8 nitrogen and oxygen atoms in total. The molecule has 0 heterocycles. The second-order valence-corrected chi connectivity index (χ2v) is 3.34. The highest BCUT2D eigenvalue weighted by Gasteiger charge is 2.36. The van der Waals surface area contributed by atoms with Crippen LogP contribution >= 0.6 is 0 Å². The molecule has 8 heteroatoms. The van der Waals surface area contributed by atoms with Crippen molar-refractivity contribution in [3.05, 3.63) is 33.9 Å². The van der Waals surface area contributed by atoms with E-state index in [-0.39, 0.29) is 11.3 Å². The predicted molar refractivity (Wildman–Crippen MR) is 59.9 cm³/mol. The van der Waals surface area contributed by atoms with E-state index in [2.05, 4.69) is 4.74 Å². The second kappa shape index (κ2) is 5.13. The van der Waals surface area contributed by atoms with E-state index in [1.54, 1.807) is 0 Å². The van der Waals surface area contributed by atoms with E-state index in [9.17, 15) is 19.7 Å². The molecule has 0 fully saturated rings. The molecule has 1 aromatic rings. The first-order valence-corrected chi connectivity index (χ1v) is 4.73. The number of ether oxygens (including phenoxy) is 1. The molecular weight excluding hydrogens is 244 g/mol. The first-order valence-electron chi connectivity index (χ1n) is 4.73. The molecule has 0 aromatic heterocycles. The molecule has 0 saturated heterocycles. The van der Waals surface area contributed by atoms with Gasteiger partial charge >= 0.3 is 11.9 Å². The van der Waals surface area contributed by atoms with Crippen LogP contribution in [0, 0.1) is 10.1 Å². The average Bonchev–Trinajstić information content (AvgIpc) is 2.28. The maximum Gasteiger partial charge on any atom is 0.324 e. The summed E-state index contributed by atoms with van der Waals surface area (Å²) in [5, 5.41) is 19.8. The van der Waals surface area contributed by atoms with Crippen molar-refractivity contribution in [3.63, 3.8) is 0 Å². The van der Waals surface area contributed by atoms with Crippen LogP contribution < -0.4 is 5.73 Å². The number of carbonyl (C=O) groups excluding carboxylic acids is 1. The lowest BCUT2D eigenvalue weighted by atomic mass is 9.97. The van der Waals surface area contributed by atoms with Gasteiger partial charge in [-0.1, -0.05) is 12.1 Å². The minimum absolute atomic E-state index is 0.215. The van der Waals surface area contributed by atoms with E-state index in [1.165, 1.54) is 12.1 Å². The molecule has 1 aromatic carbocycles. The highest BCUT2D eigenvalue weighted by atomic mass is 16.6. The highest BCUT2D eigenvalue weighted by molar-refractivity contribution is 6.01. The number of esters is 1. The molecule has 0 bridgehead atoms. The van der Waals surface area contributed by atoms with Gasteiger partial charge < -0.3 is 15.6 Å². The Morgan fingerprint density at radius 2 is 2.11 bits per heavy atom. The number of carboxylic acid groups (broad SMARTS) is 1. The number of hydrogen-bond acceptors (Lipinski definition) is 6. The van der Waals surface area contributed by atoms with E-state index in [0.29, 0.717) is 0 Å². The number of nitro benzene ring substituents is 1. The van der Waals surface area contributed by atoms with Crippen LogP contribution in [0.15, 0.2) is 18.2 Å². The Morgan fingerprint density at radius 1 is 1.50 bits per heavy atom. The number of carboxylic acids is 1. The zero-order valence-electron chi connectivity index (χ0n) is 9.32. The molecule has 0 amide bonds. The number of nitrogens with zero attached hydrogens (tertiary/aromatic N) is 1. The standard InChI is InChI=1S/C10H10N2O6/c1-18-10(15)7(9(13)14)5-3-2-4-6(11)8(5)12(16)17/h2-4,7H,11H2,1H3,(H,13,14). The third kappa shape index (κ3) is 2.37. The van der Waals surface area contributed by atoms with Crippen LogP contribution in [0.2, 0.25) is 0 Å². The minimum atomic E-state index is -1.78. The van der Waals surface area contributed by atoms with Crippen molar-refractivity contribution in [1.29, 1.82) is 0 Å². The van der Waals surface area contributed by atoms with Crippen molar-refractivity contribution in [1.82, 2.24) is 0 Å². The lowest BCUT2D eigenvalue weighted by Gasteiger charge is -2.11. The Balaban J connectivity index is 3.46. The van der Waals surface area contributed by atoms with Crippen LogP contribution in [0.1, 0.15) is 11.5 Å². The van der Waals surface area contributed by atoms with Crippen LogP contribution in [0.5, 0.6) is 0 Å². The van der Waals surface area contributed by atoms with Crippen LogP contribution in [0.3, 0.4) is 0 Å². The number of carbonyl (C=O) groups is 2. The number of hydrogen-bond donors (Lipinski definition) is 2. The molecule has 0 spiro atoms. The number of nitrogens with two attached hydrogens (primary N) is 1. The molecule has 3 N–H and O–H groups in total. The Hall–Kier alpha value is -2.64. The molecular formula is C10H10N2O6. The van der Waals surface area contributed by atoms with Gasteiger partial charge in [-0.25, -0.2) is 0 Å². The second-order valence-electron chi connectivity index (χ2n) is 3.34. The molecule has 96 valence electrons. The summed E-state index contributed by atoms with van der Waals surface area (Å²) in [5.41, 5.74) is 4.29. The molecule has 1 unspecified atom stereocenters. The molecule has 0 aliphatic carbocycles. The number of aliphatic carboxylic acids is 1. The summed E-state index contributed by atoms with van der Waals surface area (Å²) in [6, 6.07) is 3.73. The fourth-order valence-electron chi connectivity index (χ4n) is 1.50. The molecule has 0 radical (unpaired) electrons. The Morgan fingerprint density at radius 3 is 2.56 bits per heavy atom. The number of nitro groups is 1. The van der Waals surface area contributed by atoms with Crippen molar-refractivity contribution in [3.8, 4) is 0 Å². The fourth-order valence-corrected chi connectivity index (χ4v) is 1.50. The van der Waals surface area contributed by atoms with Crippen LogP contribution in [0.25, 0.3) is 0 Å². The molecule has 1 atom stereocenters. The number of para-hydroxylation sites is 1.